The molecule has 7 heteroatoms. The van der Waals surface area contributed by atoms with Crippen LogP contribution >= 0.6 is 11.3 Å². The maximum atomic E-state index is 13.5. The predicted octanol–water partition coefficient (Wildman–Crippen LogP) is 3.40. The maximum absolute atomic E-state index is 13.5. The average Bonchev–Trinajstić information content (AvgIpc) is 3.41. The van der Waals surface area contributed by atoms with E-state index in [2.05, 4.69) is 27.0 Å². The summed E-state index contributed by atoms with van der Waals surface area (Å²) in [5.74, 6) is 0.549. The van der Waals surface area contributed by atoms with Crippen LogP contribution in [0.4, 0.5) is 0 Å². The highest BCUT2D eigenvalue weighted by Gasteiger charge is 2.33. The smallest absolute Gasteiger partial charge is 0.273 e. The van der Waals surface area contributed by atoms with E-state index in [-0.39, 0.29) is 11.9 Å². The third-order valence-corrected chi connectivity index (χ3v) is 5.53. The molecule has 1 fully saturated rings. The molecule has 0 bridgehead atoms. The van der Waals surface area contributed by atoms with Gasteiger partial charge >= 0.3 is 0 Å². The highest BCUT2D eigenvalue weighted by molar-refractivity contribution is 7.10. The molecule has 1 aliphatic heterocycles. The Morgan fingerprint density at radius 2 is 2.08 bits per heavy atom. The van der Waals surface area contributed by atoms with Crippen molar-refractivity contribution in [2.24, 2.45) is 0 Å². The molecular weight excluding hydrogens is 346 g/mol. The van der Waals surface area contributed by atoms with E-state index in [0.717, 1.165) is 24.9 Å². The highest BCUT2D eigenvalue weighted by Crippen LogP contribution is 2.36. The van der Waals surface area contributed by atoms with Gasteiger partial charge in [0.05, 0.1) is 6.04 Å². The van der Waals surface area contributed by atoms with Crippen LogP contribution < -0.4 is 0 Å². The van der Waals surface area contributed by atoms with Crippen molar-refractivity contribution < 1.29 is 4.79 Å². The van der Waals surface area contributed by atoms with Gasteiger partial charge in [0.15, 0.2) is 5.82 Å². The van der Waals surface area contributed by atoms with Crippen molar-refractivity contribution in [1.29, 1.82) is 0 Å². The molecule has 1 saturated heterocycles. The van der Waals surface area contributed by atoms with Gasteiger partial charge in [0.25, 0.3) is 5.91 Å². The molecule has 0 spiro atoms. The van der Waals surface area contributed by atoms with Crippen LogP contribution in [0.5, 0.6) is 0 Å². The molecule has 1 aliphatic rings. The Morgan fingerprint density at radius 1 is 1.23 bits per heavy atom. The monoisotopic (exact) mass is 365 g/mol. The number of tetrazole rings is 1. The Hall–Kier alpha value is -2.80. The molecule has 1 atom stereocenters. The summed E-state index contributed by atoms with van der Waals surface area (Å²) >= 11 is 1.70. The summed E-state index contributed by atoms with van der Waals surface area (Å²) in [6.07, 6.45) is 3.84. The molecule has 6 nitrogen and oxygen atoms in total. The zero-order valence-electron chi connectivity index (χ0n) is 14.4. The number of likely N-dealkylation sites (tertiary alicyclic amines) is 1. The van der Waals surface area contributed by atoms with Crippen molar-refractivity contribution in [1.82, 2.24) is 25.1 Å². The van der Waals surface area contributed by atoms with E-state index in [1.54, 1.807) is 18.3 Å². The average molecular weight is 365 g/mol. The first-order chi connectivity index (χ1) is 12.7. The van der Waals surface area contributed by atoms with E-state index in [1.165, 1.54) is 9.56 Å². The van der Waals surface area contributed by atoms with Crippen molar-refractivity contribution in [3.63, 3.8) is 0 Å². The van der Waals surface area contributed by atoms with Crippen molar-refractivity contribution >= 4 is 29.0 Å². The van der Waals surface area contributed by atoms with Crippen molar-refractivity contribution in [3.8, 4) is 0 Å². The van der Waals surface area contributed by atoms with Gasteiger partial charge < -0.3 is 4.90 Å². The van der Waals surface area contributed by atoms with Crippen LogP contribution in [0, 0.1) is 6.92 Å². The van der Waals surface area contributed by atoms with Crippen LogP contribution in [0.1, 0.15) is 35.1 Å². The molecule has 2 aromatic heterocycles. The number of hydrogen-bond donors (Lipinski definition) is 0. The second-order valence-electron chi connectivity index (χ2n) is 6.25. The second kappa shape index (κ2) is 7.21. The minimum atomic E-state index is -0.0415. The summed E-state index contributed by atoms with van der Waals surface area (Å²) in [6.45, 7) is 2.54. The fourth-order valence-corrected chi connectivity index (χ4v) is 4.18. The molecular formula is C19H19N5OS. The predicted molar refractivity (Wildman–Crippen MR) is 101 cm³/mol. The zero-order valence-corrected chi connectivity index (χ0v) is 15.3. The Kier molecular flexibility index (Phi) is 4.62. The second-order valence-corrected chi connectivity index (χ2v) is 7.23. The van der Waals surface area contributed by atoms with E-state index in [4.69, 9.17) is 0 Å². The lowest BCUT2D eigenvalue weighted by molar-refractivity contribution is -0.126. The fourth-order valence-electron chi connectivity index (χ4n) is 3.31. The van der Waals surface area contributed by atoms with E-state index in [1.807, 2.05) is 47.4 Å². The quantitative estimate of drug-likeness (QED) is 0.665. The topological polar surface area (TPSA) is 63.9 Å². The molecule has 26 heavy (non-hydrogen) atoms. The molecule has 0 saturated carbocycles. The van der Waals surface area contributed by atoms with E-state index in [0.29, 0.717) is 11.5 Å². The molecule has 1 unspecified atom stereocenters. The number of carbonyl (C=O) groups is 1. The summed E-state index contributed by atoms with van der Waals surface area (Å²) < 4.78 is 1.53. The number of thiophene rings is 1. The van der Waals surface area contributed by atoms with E-state index in [9.17, 15) is 4.79 Å². The van der Waals surface area contributed by atoms with Gasteiger partial charge in [-0.15, -0.1) is 16.4 Å². The fraction of sp³-hybridized carbons (Fsp3) is 0.263. The van der Waals surface area contributed by atoms with Crippen LogP contribution in [0.3, 0.4) is 0 Å². The SMILES string of the molecule is Cc1nnnn1C(=Cc1ccccc1)C(=O)N1CCCC1c1cccs1. The van der Waals surface area contributed by atoms with Crippen LogP contribution in [0.2, 0.25) is 0 Å². The standard InChI is InChI=1S/C19H19N5OS/c1-14-20-21-22-24(14)17(13-15-7-3-2-4-8-15)19(25)23-11-5-9-16(23)18-10-6-12-26-18/h2-4,6-8,10,12-13,16H,5,9,11H2,1H3. The molecule has 4 rings (SSSR count). The van der Waals surface area contributed by atoms with Crippen molar-refractivity contribution in [2.45, 2.75) is 25.8 Å². The lowest BCUT2D eigenvalue weighted by Crippen LogP contribution is -2.33. The Balaban J connectivity index is 1.73. The number of carbonyl (C=O) groups excluding carboxylic acids is 1. The molecule has 3 aromatic rings. The summed E-state index contributed by atoms with van der Waals surface area (Å²) in [4.78, 5) is 16.6. The molecule has 0 aliphatic carbocycles. The Bertz CT molecular complexity index is 917. The number of nitrogens with zero attached hydrogens (tertiary/aromatic N) is 5. The first-order valence-corrected chi connectivity index (χ1v) is 9.48. The summed E-state index contributed by atoms with van der Waals surface area (Å²) in [6, 6.07) is 14.0. The Labute approximate surface area is 155 Å². The third kappa shape index (κ3) is 3.17. The van der Waals surface area contributed by atoms with Gasteiger partial charge in [0.1, 0.15) is 5.70 Å². The van der Waals surface area contributed by atoms with Crippen molar-refractivity contribution in [2.75, 3.05) is 6.54 Å². The van der Waals surface area contributed by atoms with Crippen LogP contribution in [-0.4, -0.2) is 37.6 Å². The summed E-state index contributed by atoms with van der Waals surface area (Å²) in [7, 11) is 0. The van der Waals surface area contributed by atoms with Gasteiger partial charge in [-0.25, -0.2) is 0 Å². The lowest BCUT2D eigenvalue weighted by atomic mass is 10.1. The maximum Gasteiger partial charge on any atom is 0.273 e. The van der Waals surface area contributed by atoms with Crippen molar-refractivity contribution in [3.05, 3.63) is 64.1 Å². The number of amides is 1. The van der Waals surface area contributed by atoms with E-state index < -0.39 is 0 Å². The van der Waals surface area contributed by atoms with Gasteiger partial charge in [0, 0.05) is 11.4 Å². The molecule has 1 amide bonds. The number of rotatable bonds is 4. The number of hydrogen-bond acceptors (Lipinski definition) is 5. The minimum Gasteiger partial charge on any atom is -0.329 e. The molecule has 132 valence electrons. The molecule has 3 heterocycles. The lowest BCUT2D eigenvalue weighted by Gasteiger charge is -2.25. The molecule has 1 aromatic carbocycles. The third-order valence-electron chi connectivity index (χ3n) is 4.56. The zero-order chi connectivity index (χ0) is 17.9. The first kappa shape index (κ1) is 16.7. The van der Waals surface area contributed by atoms with Gasteiger partial charge in [0.2, 0.25) is 0 Å². The van der Waals surface area contributed by atoms with E-state index >= 15 is 0 Å². The van der Waals surface area contributed by atoms with Crippen LogP contribution in [0.15, 0.2) is 47.8 Å². The van der Waals surface area contributed by atoms with Crippen LogP contribution in [0.25, 0.3) is 11.8 Å². The molecule has 0 N–H and O–H groups in total. The largest absolute Gasteiger partial charge is 0.329 e. The number of benzene rings is 1. The summed E-state index contributed by atoms with van der Waals surface area (Å²) in [5.41, 5.74) is 1.42. The number of aromatic nitrogens is 4. The summed E-state index contributed by atoms with van der Waals surface area (Å²) in [5, 5.41) is 13.8. The normalized spacial score (nSPS) is 17.7. The van der Waals surface area contributed by atoms with Gasteiger partial charge in [-0.05, 0) is 53.3 Å². The van der Waals surface area contributed by atoms with Gasteiger partial charge in [-0.3, -0.25) is 4.79 Å². The molecule has 0 radical (unpaired) electrons. The minimum absolute atomic E-state index is 0.0415. The van der Waals surface area contributed by atoms with Crippen LogP contribution in [-0.2, 0) is 4.79 Å². The first-order valence-electron chi connectivity index (χ1n) is 8.60. The Morgan fingerprint density at radius 3 is 2.77 bits per heavy atom. The number of aryl methyl sites for hydroxylation is 1. The van der Waals surface area contributed by atoms with Gasteiger partial charge in [-0.2, -0.15) is 4.68 Å². The highest BCUT2D eigenvalue weighted by atomic mass is 32.1. The van der Waals surface area contributed by atoms with Gasteiger partial charge in [-0.1, -0.05) is 36.4 Å².